The van der Waals surface area contributed by atoms with Crippen molar-refractivity contribution in [2.24, 2.45) is 23.2 Å². The van der Waals surface area contributed by atoms with Gasteiger partial charge in [0.15, 0.2) is 0 Å². The maximum absolute atomic E-state index is 10.1. The zero-order chi connectivity index (χ0) is 21.5. The van der Waals surface area contributed by atoms with Gasteiger partial charge in [-0.2, -0.15) is 0 Å². The molecule has 168 valence electrons. The van der Waals surface area contributed by atoms with Crippen molar-refractivity contribution in [3.63, 3.8) is 0 Å². The van der Waals surface area contributed by atoms with Gasteiger partial charge >= 0.3 is 0 Å². The summed E-state index contributed by atoms with van der Waals surface area (Å²) >= 11 is 0. The third-order valence-electron chi connectivity index (χ3n) is 8.69. The number of rotatable bonds is 6. The van der Waals surface area contributed by atoms with E-state index in [1.165, 1.54) is 49.7 Å². The van der Waals surface area contributed by atoms with Crippen molar-refractivity contribution in [2.75, 3.05) is 0 Å². The van der Waals surface area contributed by atoms with Gasteiger partial charge in [0.1, 0.15) is 5.76 Å². The molecule has 2 saturated carbocycles. The fourth-order valence-electron chi connectivity index (χ4n) is 7.07. The molecule has 0 saturated heterocycles. The molecule has 1 aromatic rings. The van der Waals surface area contributed by atoms with E-state index in [4.69, 9.17) is 4.42 Å². The molecule has 0 aliphatic heterocycles. The SMILES string of the molecule is CC(CCCC(C)(C)O)C1CCC2/C(=C/c3occ4c3CC(O)CC4)CCCC21C. The zero-order valence-electron chi connectivity index (χ0n) is 19.5. The minimum Gasteiger partial charge on any atom is -0.464 e. The number of fused-ring (bicyclic) bond motifs is 2. The normalized spacial score (nSPS) is 34.1. The molecule has 4 rings (SSSR count). The van der Waals surface area contributed by atoms with Crippen molar-refractivity contribution in [1.82, 2.24) is 0 Å². The molecular weight excluding hydrogens is 372 g/mol. The van der Waals surface area contributed by atoms with Crippen LogP contribution in [0.2, 0.25) is 0 Å². The lowest BCUT2D eigenvalue weighted by Gasteiger charge is -2.44. The summed E-state index contributed by atoms with van der Waals surface area (Å²) < 4.78 is 6.00. The van der Waals surface area contributed by atoms with Gasteiger partial charge < -0.3 is 14.6 Å². The fourth-order valence-corrected chi connectivity index (χ4v) is 7.07. The first-order chi connectivity index (χ1) is 14.2. The molecule has 0 amide bonds. The van der Waals surface area contributed by atoms with E-state index in [1.54, 1.807) is 5.57 Å². The third kappa shape index (κ3) is 4.43. The number of allylic oxidation sites excluding steroid dienone is 1. The second-order valence-corrected chi connectivity index (χ2v) is 11.5. The lowest BCUT2D eigenvalue weighted by Crippen LogP contribution is -2.36. The first-order valence-electron chi connectivity index (χ1n) is 12.4. The predicted molar refractivity (Wildman–Crippen MR) is 122 cm³/mol. The quantitative estimate of drug-likeness (QED) is 0.574. The van der Waals surface area contributed by atoms with Gasteiger partial charge in [-0.25, -0.2) is 0 Å². The summed E-state index contributed by atoms with van der Waals surface area (Å²) in [6.07, 6.45) is 16.3. The summed E-state index contributed by atoms with van der Waals surface area (Å²) in [5, 5.41) is 20.2. The summed E-state index contributed by atoms with van der Waals surface area (Å²) in [5.74, 6) is 3.18. The Balaban J connectivity index is 1.49. The van der Waals surface area contributed by atoms with Crippen molar-refractivity contribution in [3.05, 3.63) is 28.7 Å². The van der Waals surface area contributed by atoms with Crippen LogP contribution in [0.3, 0.4) is 0 Å². The van der Waals surface area contributed by atoms with Crippen LogP contribution in [0.4, 0.5) is 0 Å². The van der Waals surface area contributed by atoms with Gasteiger partial charge in [0.2, 0.25) is 0 Å². The number of aliphatic hydroxyl groups is 2. The van der Waals surface area contributed by atoms with Crippen LogP contribution < -0.4 is 0 Å². The summed E-state index contributed by atoms with van der Waals surface area (Å²) in [4.78, 5) is 0. The number of aryl methyl sites for hydroxylation is 1. The first kappa shape index (κ1) is 22.1. The number of hydrogen-bond donors (Lipinski definition) is 2. The van der Waals surface area contributed by atoms with E-state index in [0.29, 0.717) is 17.3 Å². The zero-order valence-corrected chi connectivity index (χ0v) is 19.5. The minimum atomic E-state index is -0.543. The maximum Gasteiger partial charge on any atom is 0.130 e. The van der Waals surface area contributed by atoms with E-state index in [2.05, 4.69) is 19.9 Å². The Hall–Kier alpha value is -1.06. The van der Waals surface area contributed by atoms with Crippen LogP contribution in [0.15, 0.2) is 16.3 Å². The Morgan fingerprint density at radius 2 is 2.07 bits per heavy atom. The largest absolute Gasteiger partial charge is 0.464 e. The highest BCUT2D eigenvalue weighted by molar-refractivity contribution is 5.55. The third-order valence-corrected chi connectivity index (χ3v) is 8.69. The van der Waals surface area contributed by atoms with Crippen molar-refractivity contribution in [3.8, 4) is 0 Å². The highest BCUT2D eigenvalue weighted by atomic mass is 16.3. The van der Waals surface area contributed by atoms with Crippen LogP contribution in [-0.4, -0.2) is 21.9 Å². The van der Waals surface area contributed by atoms with Crippen molar-refractivity contribution in [2.45, 2.75) is 110 Å². The molecule has 0 aromatic carbocycles. The Morgan fingerprint density at radius 3 is 2.83 bits per heavy atom. The molecule has 1 heterocycles. The van der Waals surface area contributed by atoms with Crippen LogP contribution in [0, 0.1) is 23.2 Å². The average Bonchev–Trinajstić information content (AvgIpc) is 3.21. The molecule has 3 aliphatic rings. The standard InChI is InChI=1S/C27H42O3/c1-18(7-5-13-26(2,3)29)23-11-12-24-19(8-6-14-27(23,24)4)15-25-22-16-21(28)10-9-20(22)17-30-25/h15,17-18,21,23-24,28-29H,5-14,16H2,1-4H3/b19-15+. The van der Waals surface area contributed by atoms with Gasteiger partial charge in [0.25, 0.3) is 0 Å². The monoisotopic (exact) mass is 414 g/mol. The van der Waals surface area contributed by atoms with Gasteiger partial charge in [-0.3, -0.25) is 0 Å². The van der Waals surface area contributed by atoms with Crippen molar-refractivity contribution in [1.29, 1.82) is 0 Å². The molecule has 3 nitrogen and oxygen atoms in total. The molecule has 5 unspecified atom stereocenters. The average molecular weight is 415 g/mol. The topological polar surface area (TPSA) is 53.6 Å². The van der Waals surface area contributed by atoms with E-state index in [0.717, 1.165) is 43.8 Å². The summed E-state index contributed by atoms with van der Waals surface area (Å²) in [6, 6.07) is 0. The van der Waals surface area contributed by atoms with Crippen LogP contribution in [-0.2, 0) is 12.8 Å². The molecule has 30 heavy (non-hydrogen) atoms. The summed E-state index contributed by atoms with van der Waals surface area (Å²) in [6.45, 7) is 8.85. The molecule has 5 atom stereocenters. The van der Waals surface area contributed by atoms with Crippen LogP contribution in [0.25, 0.3) is 6.08 Å². The van der Waals surface area contributed by atoms with Crippen LogP contribution in [0.1, 0.15) is 102 Å². The van der Waals surface area contributed by atoms with E-state index in [-0.39, 0.29) is 6.10 Å². The first-order valence-corrected chi connectivity index (χ1v) is 12.4. The second kappa shape index (κ2) is 8.47. The summed E-state index contributed by atoms with van der Waals surface area (Å²) in [5.41, 5.74) is 3.99. The lowest BCUT2D eigenvalue weighted by atomic mass is 9.60. The second-order valence-electron chi connectivity index (χ2n) is 11.5. The summed E-state index contributed by atoms with van der Waals surface area (Å²) in [7, 11) is 0. The Kier molecular flexibility index (Phi) is 6.25. The highest BCUT2D eigenvalue weighted by Gasteiger charge is 2.50. The van der Waals surface area contributed by atoms with Gasteiger partial charge in [0, 0.05) is 12.0 Å². The van der Waals surface area contributed by atoms with Gasteiger partial charge in [-0.1, -0.05) is 32.3 Å². The predicted octanol–water partition coefficient (Wildman–Crippen LogP) is 6.31. The van der Waals surface area contributed by atoms with Gasteiger partial charge in [-0.05, 0) is 100 Å². The molecule has 0 bridgehead atoms. The van der Waals surface area contributed by atoms with Crippen LogP contribution in [0.5, 0.6) is 0 Å². The Bertz CT molecular complexity index is 768. The molecule has 0 spiro atoms. The Morgan fingerprint density at radius 1 is 1.27 bits per heavy atom. The lowest BCUT2D eigenvalue weighted by molar-refractivity contribution is 0.0597. The number of hydrogen-bond acceptors (Lipinski definition) is 3. The molecule has 0 radical (unpaired) electrons. The van der Waals surface area contributed by atoms with Crippen molar-refractivity contribution >= 4 is 6.08 Å². The molecule has 3 heteroatoms. The molecular formula is C27H42O3. The van der Waals surface area contributed by atoms with E-state index >= 15 is 0 Å². The van der Waals surface area contributed by atoms with E-state index in [1.807, 2.05) is 20.1 Å². The van der Waals surface area contributed by atoms with Crippen molar-refractivity contribution < 1.29 is 14.6 Å². The fraction of sp³-hybridized carbons (Fsp3) is 0.778. The molecule has 2 fully saturated rings. The Labute approximate surface area is 183 Å². The highest BCUT2D eigenvalue weighted by Crippen LogP contribution is 2.60. The van der Waals surface area contributed by atoms with E-state index in [9.17, 15) is 10.2 Å². The van der Waals surface area contributed by atoms with E-state index < -0.39 is 5.60 Å². The number of furan rings is 1. The maximum atomic E-state index is 10.1. The molecule has 3 aliphatic carbocycles. The van der Waals surface area contributed by atoms with Crippen LogP contribution >= 0.6 is 0 Å². The smallest absolute Gasteiger partial charge is 0.130 e. The molecule has 2 N–H and O–H groups in total. The minimum absolute atomic E-state index is 0.218. The molecule has 1 aromatic heterocycles. The van der Waals surface area contributed by atoms with Gasteiger partial charge in [0.05, 0.1) is 18.0 Å². The number of aliphatic hydroxyl groups excluding tert-OH is 1. The van der Waals surface area contributed by atoms with Gasteiger partial charge in [-0.15, -0.1) is 0 Å².